The van der Waals surface area contributed by atoms with Crippen molar-refractivity contribution in [2.24, 2.45) is 5.92 Å². The van der Waals surface area contributed by atoms with Crippen molar-refractivity contribution in [2.45, 2.75) is 142 Å². The second-order valence-electron chi connectivity index (χ2n) is 12.3. The van der Waals surface area contributed by atoms with Gasteiger partial charge in [-0.15, -0.1) is 0 Å². The SMILES string of the molecule is C/C=C(\C)C(=O)OC1C(C)=C2C(C1OC(=O)CCCCC)C(C)(OC(C)=O)CC(OC(=O)CCC)C1(O)C2OC(=O)C1(C)O. The summed E-state index contributed by atoms with van der Waals surface area (Å²) in [6, 6.07) is 0. The molecule has 1 saturated heterocycles. The molecule has 0 aromatic carbocycles. The van der Waals surface area contributed by atoms with Crippen molar-refractivity contribution in [3.05, 3.63) is 22.8 Å². The highest BCUT2D eigenvalue weighted by Gasteiger charge is 2.76. The highest BCUT2D eigenvalue weighted by molar-refractivity contribution is 5.88. The van der Waals surface area contributed by atoms with Crippen molar-refractivity contribution in [1.82, 2.24) is 0 Å². The lowest BCUT2D eigenvalue weighted by Gasteiger charge is -2.41. The average molecular weight is 623 g/mol. The molecule has 12 nitrogen and oxygen atoms in total. The van der Waals surface area contributed by atoms with Crippen LogP contribution < -0.4 is 0 Å². The fourth-order valence-electron chi connectivity index (χ4n) is 6.55. The van der Waals surface area contributed by atoms with Gasteiger partial charge in [-0.1, -0.05) is 32.8 Å². The number of aliphatic hydroxyl groups is 2. The molecule has 0 amide bonds. The van der Waals surface area contributed by atoms with Crippen molar-refractivity contribution in [1.29, 1.82) is 0 Å². The van der Waals surface area contributed by atoms with Crippen molar-refractivity contribution in [3.63, 3.8) is 0 Å². The Balaban J connectivity index is 2.29. The quantitative estimate of drug-likeness (QED) is 0.114. The van der Waals surface area contributed by atoms with Gasteiger partial charge in [-0.25, -0.2) is 9.59 Å². The molecule has 0 bridgehead atoms. The van der Waals surface area contributed by atoms with E-state index in [1.54, 1.807) is 33.8 Å². The number of rotatable bonds is 11. The van der Waals surface area contributed by atoms with Gasteiger partial charge in [0.1, 0.15) is 11.7 Å². The summed E-state index contributed by atoms with van der Waals surface area (Å²) >= 11 is 0. The van der Waals surface area contributed by atoms with Crippen LogP contribution in [0.5, 0.6) is 0 Å². The first-order chi connectivity index (χ1) is 20.5. The maximum absolute atomic E-state index is 13.2. The lowest BCUT2D eigenvalue weighted by molar-refractivity contribution is -0.212. The molecule has 0 radical (unpaired) electrons. The van der Waals surface area contributed by atoms with Crippen LogP contribution >= 0.6 is 0 Å². The Kier molecular flexibility index (Phi) is 10.7. The minimum Gasteiger partial charge on any atom is -0.459 e. The van der Waals surface area contributed by atoms with E-state index in [0.29, 0.717) is 12.8 Å². The van der Waals surface area contributed by atoms with E-state index in [1.165, 1.54) is 13.8 Å². The minimum atomic E-state index is -2.57. The molecule has 2 aliphatic carbocycles. The van der Waals surface area contributed by atoms with E-state index in [2.05, 4.69) is 0 Å². The fraction of sp³-hybridized carbons (Fsp3) is 0.719. The van der Waals surface area contributed by atoms with Gasteiger partial charge < -0.3 is 33.9 Å². The van der Waals surface area contributed by atoms with Gasteiger partial charge in [0.2, 0.25) is 0 Å². The summed E-state index contributed by atoms with van der Waals surface area (Å²) in [5.74, 6) is -5.05. The smallest absolute Gasteiger partial charge is 0.341 e. The first-order valence-electron chi connectivity index (χ1n) is 15.3. The van der Waals surface area contributed by atoms with Gasteiger partial charge in [0.15, 0.2) is 29.5 Å². The number of ether oxygens (including phenoxy) is 5. The minimum absolute atomic E-state index is 0.0239. The lowest BCUT2D eigenvalue weighted by atomic mass is 9.75. The van der Waals surface area contributed by atoms with E-state index in [1.807, 2.05) is 6.92 Å². The average Bonchev–Trinajstić information content (AvgIpc) is 3.26. The van der Waals surface area contributed by atoms with Crippen LogP contribution in [0.2, 0.25) is 0 Å². The maximum Gasteiger partial charge on any atom is 0.341 e. The molecule has 0 spiro atoms. The van der Waals surface area contributed by atoms with Crippen LogP contribution in [0.1, 0.15) is 100 Å². The Labute approximate surface area is 258 Å². The zero-order chi connectivity index (χ0) is 33.2. The number of carbonyl (C=O) groups is 5. The summed E-state index contributed by atoms with van der Waals surface area (Å²) in [6.45, 7) is 12.3. The third kappa shape index (κ3) is 6.28. The van der Waals surface area contributed by atoms with Crippen LogP contribution in [-0.2, 0) is 47.7 Å². The van der Waals surface area contributed by atoms with Crippen molar-refractivity contribution in [3.8, 4) is 0 Å². The van der Waals surface area contributed by atoms with Crippen molar-refractivity contribution >= 4 is 29.8 Å². The molecule has 0 aromatic rings. The standard InChI is InChI=1S/C32H46O12/c1-9-12-13-15-22(35)41-26-24-23(18(5)25(26)42-28(36)17(4)11-3)27-32(39,31(8,38)29(37)43-27)20(40-21(34)14-10-2)16-30(24,7)44-19(6)33/h11,20,24-27,38-39H,9-10,12-16H2,1-8H3/b17-11+. The molecule has 44 heavy (non-hydrogen) atoms. The summed E-state index contributed by atoms with van der Waals surface area (Å²) in [5, 5.41) is 23.8. The third-order valence-electron chi connectivity index (χ3n) is 9.01. The van der Waals surface area contributed by atoms with Gasteiger partial charge in [0.25, 0.3) is 0 Å². The summed E-state index contributed by atoms with van der Waals surface area (Å²) in [6.07, 6.45) is -1.96. The number of allylic oxidation sites excluding steroid dienone is 1. The molecule has 3 aliphatic rings. The summed E-state index contributed by atoms with van der Waals surface area (Å²) in [5.41, 5.74) is -6.12. The Hall–Kier alpha value is -3.25. The summed E-state index contributed by atoms with van der Waals surface area (Å²) in [4.78, 5) is 64.7. The highest BCUT2D eigenvalue weighted by Crippen LogP contribution is 2.57. The lowest BCUT2D eigenvalue weighted by Crippen LogP contribution is -2.64. The zero-order valence-electron chi connectivity index (χ0n) is 26.9. The van der Waals surface area contributed by atoms with E-state index >= 15 is 0 Å². The second-order valence-corrected chi connectivity index (χ2v) is 12.3. The van der Waals surface area contributed by atoms with Gasteiger partial charge in [-0.3, -0.25) is 14.4 Å². The third-order valence-corrected chi connectivity index (χ3v) is 9.01. The van der Waals surface area contributed by atoms with E-state index in [0.717, 1.165) is 19.8 Å². The number of hydrogen-bond acceptors (Lipinski definition) is 12. The normalized spacial score (nSPS) is 34.8. The highest BCUT2D eigenvalue weighted by atomic mass is 16.6. The number of carbonyl (C=O) groups excluding carboxylic acids is 5. The molecule has 2 N–H and O–H groups in total. The van der Waals surface area contributed by atoms with Crippen molar-refractivity contribution < 1.29 is 57.9 Å². The van der Waals surface area contributed by atoms with Crippen LogP contribution in [-0.4, -0.2) is 81.3 Å². The molecule has 2 fully saturated rings. The van der Waals surface area contributed by atoms with Gasteiger partial charge in [-0.05, 0) is 58.6 Å². The molecule has 8 atom stereocenters. The number of fused-ring (bicyclic) bond motifs is 3. The molecule has 12 heteroatoms. The molecule has 246 valence electrons. The Morgan fingerprint density at radius 2 is 1.61 bits per heavy atom. The van der Waals surface area contributed by atoms with E-state index in [9.17, 15) is 34.2 Å². The monoisotopic (exact) mass is 622 g/mol. The largest absolute Gasteiger partial charge is 0.459 e. The predicted molar refractivity (Wildman–Crippen MR) is 155 cm³/mol. The van der Waals surface area contributed by atoms with Crippen molar-refractivity contribution in [2.75, 3.05) is 0 Å². The van der Waals surface area contributed by atoms with Crippen LogP contribution in [0.15, 0.2) is 22.8 Å². The second kappa shape index (κ2) is 13.4. The fourth-order valence-corrected chi connectivity index (χ4v) is 6.55. The Morgan fingerprint density at radius 1 is 0.977 bits per heavy atom. The molecule has 3 rings (SSSR count). The maximum atomic E-state index is 13.2. The molecule has 1 saturated carbocycles. The zero-order valence-corrected chi connectivity index (χ0v) is 26.9. The number of hydrogen-bond donors (Lipinski definition) is 2. The van der Waals surface area contributed by atoms with E-state index in [-0.39, 0.29) is 29.6 Å². The number of esters is 5. The first kappa shape index (κ1) is 35.2. The Bertz CT molecular complexity index is 1230. The predicted octanol–water partition coefficient (Wildman–Crippen LogP) is 3.15. The number of unbranched alkanes of at least 4 members (excludes halogenated alkanes) is 2. The molecule has 0 aromatic heterocycles. The Morgan fingerprint density at radius 3 is 2.18 bits per heavy atom. The van der Waals surface area contributed by atoms with Crippen LogP contribution in [0, 0.1) is 5.92 Å². The molecule has 1 heterocycles. The molecular weight excluding hydrogens is 576 g/mol. The topological polar surface area (TPSA) is 172 Å². The summed E-state index contributed by atoms with van der Waals surface area (Å²) in [7, 11) is 0. The van der Waals surface area contributed by atoms with Crippen LogP contribution in [0.25, 0.3) is 0 Å². The van der Waals surface area contributed by atoms with Gasteiger partial charge in [0, 0.05) is 31.8 Å². The van der Waals surface area contributed by atoms with Gasteiger partial charge in [-0.2, -0.15) is 0 Å². The first-order valence-corrected chi connectivity index (χ1v) is 15.3. The molecule has 8 unspecified atom stereocenters. The van der Waals surface area contributed by atoms with E-state index in [4.69, 9.17) is 23.7 Å². The molecular formula is C32H46O12. The van der Waals surface area contributed by atoms with E-state index < -0.39 is 83.4 Å². The van der Waals surface area contributed by atoms with Gasteiger partial charge in [0.05, 0.1) is 5.92 Å². The van der Waals surface area contributed by atoms with Crippen LogP contribution in [0.3, 0.4) is 0 Å². The van der Waals surface area contributed by atoms with Gasteiger partial charge >= 0.3 is 29.8 Å². The summed E-state index contributed by atoms with van der Waals surface area (Å²) < 4.78 is 29.1. The van der Waals surface area contributed by atoms with Crippen LogP contribution in [0.4, 0.5) is 0 Å². The molecule has 1 aliphatic heterocycles.